The number of nitrogens with one attached hydrogen (secondary N) is 1. The number of nitrogens with two attached hydrogens (primary N) is 1. The molecule has 1 heterocycles. The van der Waals surface area contributed by atoms with Gasteiger partial charge in [-0.3, -0.25) is 5.10 Å². The van der Waals surface area contributed by atoms with Crippen LogP contribution in [0, 0.1) is 0 Å². The highest BCUT2D eigenvalue weighted by atomic mass is 16.5. The summed E-state index contributed by atoms with van der Waals surface area (Å²) in [5, 5.41) is 6.88. The van der Waals surface area contributed by atoms with Crippen molar-refractivity contribution in [3.05, 3.63) is 30.1 Å². The largest absolute Gasteiger partial charge is 0.399 e. The van der Waals surface area contributed by atoms with E-state index >= 15 is 0 Å². The minimum Gasteiger partial charge on any atom is -0.399 e. The third-order valence-corrected chi connectivity index (χ3v) is 1.98. The maximum atomic E-state index is 5.59. The van der Waals surface area contributed by atoms with E-state index in [0.29, 0.717) is 18.3 Å². The highest BCUT2D eigenvalue weighted by Crippen LogP contribution is 2.16. The molecule has 0 saturated carbocycles. The Labute approximate surface area is 87.3 Å². The number of aromatic nitrogens is 3. The van der Waals surface area contributed by atoms with E-state index in [4.69, 9.17) is 10.5 Å². The zero-order chi connectivity index (χ0) is 10.7. The fourth-order valence-electron chi connectivity index (χ4n) is 1.26. The van der Waals surface area contributed by atoms with Crippen molar-refractivity contribution in [1.29, 1.82) is 0 Å². The Morgan fingerprint density at radius 2 is 2.07 bits per heavy atom. The van der Waals surface area contributed by atoms with Crippen LogP contribution in [0.3, 0.4) is 0 Å². The summed E-state index contributed by atoms with van der Waals surface area (Å²) < 4.78 is 4.94. The Morgan fingerprint density at radius 1 is 1.33 bits per heavy atom. The van der Waals surface area contributed by atoms with Crippen LogP contribution in [0.1, 0.15) is 5.82 Å². The smallest absolute Gasteiger partial charge is 0.181 e. The first-order valence-corrected chi connectivity index (χ1v) is 4.55. The molecule has 78 valence electrons. The third kappa shape index (κ3) is 2.13. The van der Waals surface area contributed by atoms with Crippen LogP contribution in [-0.4, -0.2) is 22.3 Å². The molecule has 2 rings (SSSR count). The lowest BCUT2D eigenvalue weighted by Gasteiger charge is -1.95. The van der Waals surface area contributed by atoms with Gasteiger partial charge in [0.25, 0.3) is 0 Å². The zero-order valence-electron chi connectivity index (χ0n) is 8.40. The summed E-state index contributed by atoms with van der Waals surface area (Å²) in [6.45, 7) is 0.433. The molecule has 3 N–H and O–H groups in total. The lowest BCUT2D eigenvalue weighted by molar-refractivity contribution is 0.178. The number of hydrogen-bond acceptors (Lipinski definition) is 4. The summed E-state index contributed by atoms with van der Waals surface area (Å²) >= 11 is 0. The second-order valence-electron chi connectivity index (χ2n) is 3.16. The van der Waals surface area contributed by atoms with Crippen molar-refractivity contribution < 1.29 is 4.74 Å². The normalized spacial score (nSPS) is 10.5. The van der Waals surface area contributed by atoms with Crippen LogP contribution in [0.4, 0.5) is 5.69 Å². The van der Waals surface area contributed by atoms with Crippen LogP contribution >= 0.6 is 0 Å². The molecular weight excluding hydrogens is 192 g/mol. The van der Waals surface area contributed by atoms with Gasteiger partial charge in [-0.1, -0.05) is 0 Å². The Balaban J connectivity index is 2.25. The number of methoxy groups -OCH3 is 1. The standard InChI is InChI=1S/C10H12N4O/c1-15-6-9-12-10(14-13-9)7-2-4-8(11)5-3-7/h2-5H,6,11H2,1H3,(H,12,13,14). The fraction of sp³-hybridized carbons (Fsp3) is 0.200. The molecule has 0 spiro atoms. The summed E-state index contributed by atoms with van der Waals surface area (Å²) in [7, 11) is 1.62. The highest BCUT2D eigenvalue weighted by molar-refractivity contribution is 5.58. The van der Waals surface area contributed by atoms with Gasteiger partial charge in [0, 0.05) is 18.4 Å². The van der Waals surface area contributed by atoms with Gasteiger partial charge in [-0.05, 0) is 24.3 Å². The van der Waals surface area contributed by atoms with E-state index in [2.05, 4.69) is 15.2 Å². The molecule has 0 aliphatic heterocycles. The summed E-state index contributed by atoms with van der Waals surface area (Å²) in [5.41, 5.74) is 7.25. The zero-order valence-corrected chi connectivity index (χ0v) is 8.40. The van der Waals surface area contributed by atoms with Crippen molar-refractivity contribution in [2.45, 2.75) is 6.61 Å². The maximum Gasteiger partial charge on any atom is 0.181 e. The van der Waals surface area contributed by atoms with Gasteiger partial charge in [-0.2, -0.15) is 5.10 Å². The highest BCUT2D eigenvalue weighted by Gasteiger charge is 2.04. The molecule has 0 saturated heterocycles. The first-order chi connectivity index (χ1) is 7.29. The van der Waals surface area contributed by atoms with E-state index < -0.39 is 0 Å². The molecule has 0 unspecified atom stereocenters. The topological polar surface area (TPSA) is 76.8 Å². The van der Waals surface area contributed by atoms with Crippen molar-refractivity contribution in [2.75, 3.05) is 12.8 Å². The summed E-state index contributed by atoms with van der Waals surface area (Å²) in [5.74, 6) is 1.37. The van der Waals surface area contributed by atoms with Crippen molar-refractivity contribution in [3.63, 3.8) is 0 Å². The van der Waals surface area contributed by atoms with Gasteiger partial charge in [-0.25, -0.2) is 4.98 Å². The van der Waals surface area contributed by atoms with Gasteiger partial charge < -0.3 is 10.5 Å². The number of nitrogen functional groups attached to an aromatic ring is 1. The monoisotopic (exact) mass is 204 g/mol. The minimum atomic E-state index is 0.433. The molecule has 2 aromatic rings. The van der Waals surface area contributed by atoms with E-state index in [9.17, 15) is 0 Å². The number of aromatic amines is 1. The average molecular weight is 204 g/mol. The predicted molar refractivity (Wildman–Crippen MR) is 56.9 cm³/mol. The Hall–Kier alpha value is -1.88. The first-order valence-electron chi connectivity index (χ1n) is 4.55. The molecule has 0 atom stereocenters. The third-order valence-electron chi connectivity index (χ3n) is 1.98. The second kappa shape index (κ2) is 4.10. The molecule has 0 aliphatic rings. The molecule has 5 nitrogen and oxygen atoms in total. The van der Waals surface area contributed by atoms with Gasteiger partial charge in [0.2, 0.25) is 0 Å². The van der Waals surface area contributed by atoms with Gasteiger partial charge in [0.1, 0.15) is 6.61 Å². The summed E-state index contributed by atoms with van der Waals surface area (Å²) in [6.07, 6.45) is 0. The van der Waals surface area contributed by atoms with Crippen LogP contribution in [0.2, 0.25) is 0 Å². The number of nitrogens with zero attached hydrogens (tertiary/aromatic N) is 2. The first kappa shape index (κ1) is 9.67. The number of rotatable bonds is 3. The molecule has 0 fully saturated rings. The molecule has 0 bridgehead atoms. The molecule has 0 amide bonds. The molecule has 0 radical (unpaired) electrons. The van der Waals surface area contributed by atoms with Gasteiger partial charge in [-0.15, -0.1) is 0 Å². The maximum absolute atomic E-state index is 5.59. The lowest BCUT2D eigenvalue weighted by atomic mass is 10.2. The van der Waals surface area contributed by atoms with Crippen molar-refractivity contribution >= 4 is 5.69 Å². The summed E-state index contributed by atoms with van der Waals surface area (Å²) in [6, 6.07) is 7.41. The van der Waals surface area contributed by atoms with Crippen LogP contribution in [0.25, 0.3) is 11.4 Å². The van der Waals surface area contributed by atoms with Crippen LogP contribution in [-0.2, 0) is 11.3 Å². The molecule has 1 aromatic carbocycles. The van der Waals surface area contributed by atoms with E-state index in [1.165, 1.54) is 0 Å². The number of ether oxygens (including phenoxy) is 1. The molecule has 5 heteroatoms. The van der Waals surface area contributed by atoms with Crippen molar-refractivity contribution in [1.82, 2.24) is 15.2 Å². The molecular formula is C10H12N4O. The average Bonchev–Trinajstić information content (AvgIpc) is 2.68. The summed E-state index contributed by atoms with van der Waals surface area (Å²) in [4.78, 5) is 4.27. The Kier molecular flexibility index (Phi) is 2.64. The SMILES string of the molecule is COCc1nc(-c2ccc(N)cc2)n[nH]1. The number of anilines is 1. The quantitative estimate of drug-likeness (QED) is 0.736. The van der Waals surface area contributed by atoms with Crippen LogP contribution < -0.4 is 5.73 Å². The van der Waals surface area contributed by atoms with E-state index in [1.54, 1.807) is 7.11 Å². The Bertz CT molecular complexity index is 435. The van der Waals surface area contributed by atoms with Gasteiger partial charge >= 0.3 is 0 Å². The molecule has 1 aromatic heterocycles. The number of H-pyrrole nitrogens is 1. The number of hydrogen-bond donors (Lipinski definition) is 2. The van der Waals surface area contributed by atoms with Crippen molar-refractivity contribution in [2.24, 2.45) is 0 Å². The molecule has 15 heavy (non-hydrogen) atoms. The Morgan fingerprint density at radius 3 is 2.73 bits per heavy atom. The van der Waals surface area contributed by atoms with Crippen LogP contribution in [0.5, 0.6) is 0 Å². The van der Waals surface area contributed by atoms with Gasteiger partial charge in [0.05, 0.1) is 0 Å². The van der Waals surface area contributed by atoms with Crippen molar-refractivity contribution in [3.8, 4) is 11.4 Å². The minimum absolute atomic E-state index is 0.433. The van der Waals surface area contributed by atoms with Crippen LogP contribution in [0.15, 0.2) is 24.3 Å². The molecule has 0 aliphatic carbocycles. The lowest BCUT2D eigenvalue weighted by Crippen LogP contribution is -1.89. The predicted octanol–water partition coefficient (Wildman–Crippen LogP) is 1.20. The number of benzene rings is 1. The van der Waals surface area contributed by atoms with E-state index in [-0.39, 0.29) is 0 Å². The van der Waals surface area contributed by atoms with E-state index in [0.717, 1.165) is 11.3 Å². The second-order valence-corrected chi connectivity index (χ2v) is 3.16. The van der Waals surface area contributed by atoms with Gasteiger partial charge in [0.15, 0.2) is 11.6 Å². The van der Waals surface area contributed by atoms with E-state index in [1.807, 2.05) is 24.3 Å². The fourth-order valence-corrected chi connectivity index (χ4v) is 1.26.